The minimum Gasteiger partial charge on any atom is -0.492 e. The van der Waals surface area contributed by atoms with Crippen LogP contribution in [0.5, 0.6) is 5.75 Å². The van der Waals surface area contributed by atoms with E-state index in [0.29, 0.717) is 6.61 Å². The van der Waals surface area contributed by atoms with Crippen LogP contribution in [-0.4, -0.2) is 19.1 Å². The second kappa shape index (κ2) is 7.80. The van der Waals surface area contributed by atoms with E-state index in [4.69, 9.17) is 16.3 Å². The fourth-order valence-corrected chi connectivity index (χ4v) is 2.08. The van der Waals surface area contributed by atoms with Crippen molar-refractivity contribution in [3.8, 4) is 5.75 Å². The van der Waals surface area contributed by atoms with E-state index in [2.05, 4.69) is 12.2 Å². The van der Waals surface area contributed by atoms with Gasteiger partial charge in [0.1, 0.15) is 18.2 Å². The molecule has 116 valence electrons. The van der Waals surface area contributed by atoms with Crippen molar-refractivity contribution in [1.82, 2.24) is 5.32 Å². The molecule has 0 saturated heterocycles. The van der Waals surface area contributed by atoms with Crippen molar-refractivity contribution < 1.29 is 13.9 Å². The van der Waals surface area contributed by atoms with Crippen molar-refractivity contribution in [2.45, 2.75) is 13.3 Å². The Hall–Kier alpha value is -2.07. The molecule has 0 aromatic heterocycles. The van der Waals surface area contributed by atoms with Crippen molar-refractivity contribution in [2.75, 3.05) is 13.2 Å². The SMILES string of the molecule is CCc1ccc(OCCNC(=O)c2ccc(Cl)cc2F)cc1. The lowest BCUT2D eigenvalue weighted by Crippen LogP contribution is -2.28. The molecular formula is C17H17ClFNO2. The minimum absolute atomic E-state index is 0.0308. The van der Waals surface area contributed by atoms with Crippen LogP contribution >= 0.6 is 11.6 Å². The summed E-state index contributed by atoms with van der Waals surface area (Å²) in [6.07, 6.45) is 0.975. The van der Waals surface area contributed by atoms with Crippen LogP contribution in [0.2, 0.25) is 5.02 Å². The summed E-state index contributed by atoms with van der Waals surface area (Å²) >= 11 is 5.65. The summed E-state index contributed by atoms with van der Waals surface area (Å²) in [6.45, 7) is 2.68. The van der Waals surface area contributed by atoms with E-state index in [0.717, 1.165) is 18.2 Å². The molecule has 3 nitrogen and oxygen atoms in total. The first kappa shape index (κ1) is 16.3. The summed E-state index contributed by atoms with van der Waals surface area (Å²) in [5.74, 6) is -0.385. The molecule has 0 aliphatic rings. The lowest BCUT2D eigenvalue weighted by molar-refractivity contribution is 0.0943. The molecular weight excluding hydrogens is 305 g/mol. The normalized spacial score (nSPS) is 10.3. The molecule has 2 aromatic rings. The van der Waals surface area contributed by atoms with Crippen LogP contribution in [0.3, 0.4) is 0 Å². The maximum Gasteiger partial charge on any atom is 0.254 e. The van der Waals surface area contributed by atoms with E-state index in [1.54, 1.807) is 0 Å². The maximum atomic E-state index is 13.6. The van der Waals surface area contributed by atoms with Crippen LogP contribution < -0.4 is 10.1 Å². The Morgan fingerprint density at radius 2 is 1.95 bits per heavy atom. The lowest BCUT2D eigenvalue weighted by Gasteiger charge is -2.09. The Labute approximate surface area is 134 Å². The fourth-order valence-electron chi connectivity index (χ4n) is 1.92. The van der Waals surface area contributed by atoms with Crippen LogP contribution in [0.1, 0.15) is 22.8 Å². The number of halogens is 2. The largest absolute Gasteiger partial charge is 0.492 e. The van der Waals surface area contributed by atoms with E-state index in [1.165, 1.54) is 17.7 Å². The molecule has 5 heteroatoms. The predicted octanol–water partition coefficient (Wildman–Crippen LogP) is 3.85. The predicted molar refractivity (Wildman–Crippen MR) is 85.1 cm³/mol. The number of benzene rings is 2. The molecule has 1 N–H and O–H groups in total. The third-order valence-corrected chi connectivity index (χ3v) is 3.40. The van der Waals surface area contributed by atoms with Gasteiger partial charge in [-0.2, -0.15) is 0 Å². The zero-order valence-electron chi connectivity index (χ0n) is 12.2. The van der Waals surface area contributed by atoms with Gasteiger partial charge in [0.15, 0.2) is 0 Å². The van der Waals surface area contributed by atoms with E-state index >= 15 is 0 Å². The van der Waals surface area contributed by atoms with Gasteiger partial charge in [-0.25, -0.2) is 4.39 Å². The Kier molecular flexibility index (Phi) is 5.78. The molecule has 0 radical (unpaired) electrons. The number of ether oxygens (including phenoxy) is 1. The fraction of sp³-hybridized carbons (Fsp3) is 0.235. The minimum atomic E-state index is -0.638. The molecule has 2 aromatic carbocycles. The summed E-state index contributed by atoms with van der Waals surface area (Å²) < 4.78 is 19.1. The van der Waals surface area contributed by atoms with Crippen LogP contribution in [-0.2, 0) is 6.42 Å². The number of aryl methyl sites for hydroxylation is 1. The van der Waals surface area contributed by atoms with Gasteiger partial charge in [-0.3, -0.25) is 4.79 Å². The second-order valence-corrected chi connectivity index (χ2v) is 5.16. The molecule has 0 bridgehead atoms. The molecule has 0 spiro atoms. The van der Waals surface area contributed by atoms with Crippen molar-refractivity contribution >= 4 is 17.5 Å². The van der Waals surface area contributed by atoms with Gasteiger partial charge in [0.05, 0.1) is 12.1 Å². The molecule has 0 aliphatic heterocycles. The average molecular weight is 322 g/mol. The second-order valence-electron chi connectivity index (χ2n) is 4.73. The summed E-state index contributed by atoms with van der Waals surface area (Å²) in [5, 5.41) is 2.86. The zero-order valence-corrected chi connectivity index (χ0v) is 13.0. The molecule has 22 heavy (non-hydrogen) atoms. The molecule has 0 fully saturated rings. The van der Waals surface area contributed by atoms with E-state index in [-0.39, 0.29) is 17.1 Å². The van der Waals surface area contributed by atoms with Gasteiger partial charge in [0.25, 0.3) is 5.91 Å². The smallest absolute Gasteiger partial charge is 0.254 e. The number of hydrogen-bond acceptors (Lipinski definition) is 2. The molecule has 0 aliphatic carbocycles. The Bertz CT molecular complexity index is 644. The van der Waals surface area contributed by atoms with E-state index in [9.17, 15) is 9.18 Å². The van der Waals surface area contributed by atoms with Gasteiger partial charge < -0.3 is 10.1 Å². The molecule has 1 amide bonds. The molecule has 0 unspecified atom stereocenters. The van der Waals surface area contributed by atoms with Gasteiger partial charge in [-0.15, -0.1) is 0 Å². The topological polar surface area (TPSA) is 38.3 Å². The highest BCUT2D eigenvalue weighted by molar-refractivity contribution is 6.30. The van der Waals surface area contributed by atoms with Crippen molar-refractivity contribution in [3.63, 3.8) is 0 Å². The summed E-state index contributed by atoms with van der Waals surface area (Å²) in [7, 11) is 0. The maximum absolute atomic E-state index is 13.6. The Morgan fingerprint density at radius 1 is 1.23 bits per heavy atom. The van der Waals surface area contributed by atoms with Crippen LogP contribution in [0.15, 0.2) is 42.5 Å². The van der Waals surface area contributed by atoms with Crippen molar-refractivity contribution in [1.29, 1.82) is 0 Å². The number of carbonyl (C=O) groups is 1. The number of rotatable bonds is 6. The number of nitrogens with one attached hydrogen (secondary N) is 1. The quantitative estimate of drug-likeness (QED) is 0.821. The van der Waals surface area contributed by atoms with Gasteiger partial charge in [-0.1, -0.05) is 30.7 Å². The first-order valence-electron chi connectivity index (χ1n) is 7.05. The van der Waals surface area contributed by atoms with Crippen molar-refractivity contribution in [3.05, 3.63) is 64.4 Å². The number of carbonyl (C=O) groups excluding carboxylic acids is 1. The zero-order chi connectivity index (χ0) is 15.9. The summed E-state index contributed by atoms with van der Waals surface area (Å²) in [6, 6.07) is 11.7. The standard InChI is InChI=1S/C17H17ClFNO2/c1-2-12-3-6-14(7-4-12)22-10-9-20-17(21)15-8-5-13(18)11-16(15)19/h3-8,11H,2,9-10H2,1H3,(H,20,21). The average Bonchev–Trinajstić information content (AvgIpc) is 2.52. The third kappa shape index (κ3) is 4.46. The number of amides is 1. The highest BCUT2D eigenvalue weighted by Gasteiger charge is 2.11. The molecule has 0 atom stereocenters. The summed E-state index contributed by atoms with van der Waals surface area (Å²) in [4.78, 5) is 11.8. The highest BCUT2D eigenvalue weighted by atomic mass is 35.5. The molecule has 0 heterocycles. The lowest BCUT2D eigenvalue weighted by atomic mass is 10.2. The van der Waals surface area contributed by atoms with Gasteiger partial charge >= 0.3 is 0 Å². The van der Waals surface area contributed by atoms with Crippen molar-refractivity contribution in [2.24, 2.45) is 0 Å². The molecule has 0 saturated carbocycles. The van der Waals surface area contributed by atoms with E-state index in [1.807, 2.05) is 24.3 Å². The highest BCUT2D eigenvalue weighted by Crippen LogP contribution is 2.14. The first-order chi connectivity index (χ1) is 10.6. The first-order valence-corrected chi connectivity index (χ1v) is 7.43. The van der Waals surface area contributed by atoms with Gasteiger partial charge in [-0.05, 0) is 42.3 Å². The van der Waals surface area contributed by atoms with Crippen LogP contribution in [0.25, 0.3) is 0 Å². The molecule has 2 rings (SSSR count). The summed E-state index contributed by atoms with van der Waals surface area (Å²) in [5.41, 5.74) is 1.20. The number of hydrogen-bond donors (Lipinski definition) is 1. The van der Waals surface area contributed by atoms with Crippen LogP contribution in [0, 0.1) is 5.82 Å². The van der Waals surface area contributed by atoms with Gasteiger partial charge in [0, 0.05) is 5.02 Å². The van der Waals surface area contributed by atoms with E-state index < -0.39 is 11.7 Å². The Balaban J connectivity index is 1.79. The Morgan fingerprint density at radius 3 is 2.59 bits per heavy atom. The van der Waals surface area contributed by atoms with Gasteiger partial charge in [0.2, 0.25) is 0 Å². The van der Waals surface area contributed by atoms with Crippen LogP contribution in [0.4, 0.5) is 4.39 Å². The monoisotopic (exact) mass is 321 g/mol. The third-order valence-electron chi connectivity index (χ3n) is 3.16.